The first-order valence-corrected chi connectivity index (χ1v) is 19.2. The monoisotopic (exact) mass is 641 g/mol. The number of hydrogen-bond donors (Lipinski definition) is 0. The number of hydrogen-bond acceptors (Lipinski definition) is 6. The summed E-state index contributed by atoms with van der Waals surface area (Å²) in [5.41, 5.74) is 7.47. The van der Waals surface area contributed by atoms with Crippen LogP contribution in [-0.2, 0) is 26.5 Å². The summed E-state index contributed by atoms with van der Waals surface area (Å²) in [6.45, 7) is 15.9. The molecule has 5 heterocycles. The molecule has 5 aromatic rings. The molecule has 2 aliphatic heterocycles. The number of ether oxygens (including phenoxy) is 2. The SMILES string of the molecule is Cc1nnn(C)c1-c1cnc2c3ccc(C4(O[Si](C)(C)C(C)(C)C)COC4)cc3n(C(c3ccc(F)cc3)C3CCOCC3)c2c1. The summed E-state index contributed by atoms with van der Waals surface area (Å²) in [4.78, 5) is 5.10. The van der Waals surface area contributed by atoms with Crippen LogP contribution in [0.25, 0.3) is 33.2 Å². The van der Waals surface area contributed by atoms with Gasteiger partial charge in [-0.05, 0) is 79.2 Å². The fourth-order valence-electron chi connectivity index (χ4n) is 7.01. The van der Waals surface area contributed by atoms with Gasteiger partial charge in [0, 0.05) is 37.4 Å². The zero-order chi connectivity index (χ0) is 32.4. The van der Waals surface area contributed by atoms with Crippen molar-refractivity contribution in [2.24, 2.45) is 13.0 Å². The highest BCUT2D eigenvalue weighted by Gasteiger charge is 2.50. The second-order valence-electron chi connectivity index (χ2n) is 14.6. The molecule has 0 radical (unpaired) electrons. The molecule has 0 spiro atoms. The van der Waals surface area contributed by atoms with Gasteiger partial charge in [-0.1, -0.05) is 50.3 Å². The lowest BCUT2D eigenvalue weighted by Gasteiger charge is -2.50. The quantitative estimate of drug-likeness (QED) is 0.170. The Kier molecular flexibility index (Phi) is 7.70. The van der Waals surface area contributed by atoms with Crippen LogP contribution >= 0.6 is 0 Å². The Bertz CT molecular complexity index is 1880. The van der Waals surface area contributed by atoms with Crippen molar-refractivity contribution in [3.05, 3.63) is 77.4 Å². The molecule has 2 aliphatic rings. The average Bonchev–Trinajstić information content (AvgIpc) is 3.51. The standard InChI is InChI=1S/C36H44FN5O3Si/c1-23-33(41(5)40-39-23)26-18-31-32(38-20-26)29-13-10-27(36(21-44-22-36)45-46(6,7)35(2,3)4)19-30(29)42(31)34(25-14-16-43-17-15-25)24-8-11-28(37)12-9-24/h8-13,18-20,25,34H,14-17,21-22H2,1-7H3. The molecule has 10 heteroatoms. The van der Waals surface area contributed by atoms with Crippen molar-refractivity contribution in [1.29, 1.82) is 0 Å². The summed E-state index contributed by atoms with van der Waals surface area (Å²) < 4.78 is 37.4. The first-order valence-electron chi connectivity index (χ1n) is 16.3. The van der Waals surface area contributed by atoms with E-state index in [-0.39, 0.29) is 22.8 Å². The van der Waals surface area contributed by atoms with Crippen LogP contribution in [0.5, 0.6) is 0 Å². The summed E-state index contributed by atoms with van der Waals surface area (Å²) in [7, 11) is -0.214. The van der Waals surface area contributed by atoms with Gasteiger partial charge in [-0.25, -0.2) is 9.07 Å². The van der Waals surface area contributed by atoms with Gasteiger partial charge in [-0.15, -0.1) is 5.10 Å². The molecule has 2 fully saturated rings. The molecule has 0 bridgehead atoms. The lowest BCUT2D eigenvalue weighted by atomic mass is 9.86. The molecule has 0 amide bonds. The average molecular weight is 642 g/mol. The third-order valence-corrected chi connectivity index (χ3v) is 15.1. The smallest absolute Gasteiger partial charge is 0.193 e. The molecular weight excluding hydrogens is 598 g/mol. The normalized spacial score (nSPS) is 18.3. The minimum Gasteiger partial charge on any atom is -0.403 e. The predicted octanol–water partition coefficient (Wildman–Crippen LogP) is 7.70. The minimum atomic E-state index is -2.12. The molecule has 2 saturated heterocycles. The van der Waals surface area contributed by atoms with Gasteiger partial charge in [0.15, 0.2) is 8.32 Å². The van der Waals surface area contributed by atoms with Gasteiger partial charge in [0.25, 0.3) is 0 Å². The maximum atomic E-state index is 14.3. The van der Waals surface area contributed by atoms with Crippen LogP contribution in [-0.4, -0.2) is 59.3 Å². The molecule has 46 heavy (non-hydrogen) atoms. The van der Waals surface area contributed by atoms with E-state index < -0.39 is 13.9 Å². The second-order valence-corrected chi connectivity index (χ2v) is 19.4. The second kappa shape index (κ2) is 11.4. The van der Waals surface area contributed by atoms with Crippen molar-refractivity contribution < 1.29 is 18.3 Å². The number of aryl methyl sites for hydroxylation is 2. The molecule has 1 unspecified atom stereocenters. The van der Waals surface area contributed by atoms with Crippen molar-refractivity contribution in [3.63, 3.8) is 0 Å². The predicted molar refractivity (Wildman–Crippen MR) is 181 cm³/mol. The number of benzene rings is 2. The van der Waals surface area contributed by atoms with E-state index in [4.69, 9.17) is 18.9 Å². The third-order valence-electron chi connectivity index (χ3n) is 10.6. The summed E-state index contributed by atoms with van der Waals surface area (Å²) in [6.07, 6.45) is 3.75. The maximum absolute atomic E-state index is 14.3. The van der Waals surface area contributed by atoms with Crippen molar-refractivity contribution in [3.8, 4) is 11.3 Å². The van der Waals surface area contributed by atoms with E-state index in [9.17, 15) is 4.39 Å². The molecule has 0 N–H and O–H groups in total. The van der Waals surface area contributed by atoms with E-state index in [0.717, 1.165) is 62.9 Å². The number of rotatable bonds is 7. The van der Waals surface area contributed by atoms with Gasteiger partial charge in [-0.2, -0.15) is 0 Å². The first kappa shape index (κ1) is 31.2. The Hall–Kier alpha value is -3.44. The van der Waals surface area contributed by atoms with E-state index in [0.29, 0.717) is 26.4 Å². The molecule has 1 atom stereocenters. The zero-order valence-electron chi connectivity index (χ0n) is 27.9. The van der Waals surface area contributed by atoms with Gasteiger partial charge in [0.05, 0.1) is 47.2 Å². The highest BCUT2D eigenvalue weighted by molar-refractivity contribution is 6.74. The number of fused-ring (bicyclic) bond motifs is 3. The lowest BCUT2D eigenvalue weighted by Crippen LogP contribution is -2.57. The van der Waals surface area contributed by atoms with E-state index in [1.54, 1.807) is 16.8 Å². The van der Waals surface area contributed by atoms with Gasteiger partial charge < -0.3 is 18.5 Å². The maximum Gasteiger partial charge on any atom is 0.193 e. The van der Waals surface area contributed by atoms with Crippen molar-refractivity contribution in [2.75, 3.05) is 26.4 Å². The highest BCUT2D eigenvalue weighted by atomic mass is 28.4. The molecule has 0 aliphatic carbocycles. The summed E-state index contributed by atoms with van der Waals surface area (Å²) in [6, 6.07) is 15.9. The van der Waals surface area contributed by atoms with E-state index in [1.807, 2.05) is 32.3 Å². The number of pyridine rings is 1. The van der Waals surface area contributed by atoms with E-state index in [1.165, 1.54) is 0 Å². The van der Waals surface area contributed by atoms with Crippen LogP contribution in [0.2, 0.25) is 18.1 Å². The summed E-state index contributed by atoms with van der Waals surface area (Å²) in [5, 5.41) is 9.71. The molecule has 2 aromatic carbocycles. The van der Waals surface area contributed by atoms with Crippen LogP contribution in [0.4, 0.5) is 4.39 Å². The summed E-state index contributed by atoms with van der Waals surface area (Å²) >= 11 is 0. The molecule has 7 rings (SSSR count). The number of halogens is 1. The summed E-state index contributed by atoms with van der Waals surface area (Å²) in [5.74, 6) is 0.0479. The van der Waals surface area contributed by atoms with Gasteiger partial charge >= 0.3 is 0 Å². The first-order chi connectivity index (χ1) is 21.9. The topological polar surface area (TPSA) is 76.2 Å². The fraction of sp³-hybridized carbons (Fsp3) is 0.472. The van der Waals surface area contributed by atoms with Gasteiger partial charge in [-0.3, -0.25) is 4.98 Å². The van der Waals surface area contributed by atoms with Crippen LogP contribution in [0, 0.1) is 18.7 Å². The number of nitrogens with zero attached hydrogens (tertiary/aromatic N) is 5. The van der Waals surface area contributed by atoms with Crippen molar-refractivity contribution in [1.82, 2.24) is 24.5 Å². The van der Waals surface area contributed by atoms with Gasteiger partial charge in [0.2, 0.25) is 0 Å². The Morgan fingerprint density at radius 1 is 1.00 bits per heavy atom. The van der Waals surface area contributed by atoms with Crippen molar-refractivity contribution >= 4 is 30.3 Å². The van der Waals surface area contributed by atoms with E-state index >= 15 is 0 Å². The molecular formula is C36H44FN5O3Si. The molecule has 3 aromatic heterocycles. The van der Waals surface area contributed by atoms with Crippen LogP contribution in [0.15, 0.2) is 54.7 Å². The Morgan fingerprint density at radius 2 is 1.72 bits per heavy atom. The van der Waals surface area contributed by atoms with Crippen LogP contribution < -0.4 is 0 Å². The van der Waals surface area contributed by atoms with Gasteiger partial charge in [0.1, 0.15) is 11.4 Å². The van der Waals surface area contributed by atoms with Crippen LogP contribution in [0.3, 0.4) is 0 Å². The van der Waals surface area contributed by atoms with Crippen molar-refractivity contribution in [2.45, 2.75) is 70.3 Å². The van der Waals surface area contributed by atoms with Crippen LogP contribution in [0.1, 0.15) is 56.5 Å². The molecule has 0 saturated carbocycles. The third kappa shape index (κ3) is 5.19. The Morgan fingerprint density at radius 3 is 2.33 bits per heavy atom. The minimum absolute atomic E-state index is 0.0579. The van der Waals surface area contributed by atoms with E-state index in [2.05, 4.69) is 73.0 Å². The molecule has 242 valence electrons. The largest absolute Gasteiger partial charge is 0.403 e. The fourth-order valence-corrected chi connectivity index (χ4v) is 8.53. The lowest BCUT2D eigenvalue weighted by molar-refractivity contribution is -0.174. The number of aromatic nitrogens is 5. The highest BCUT2D eigenvalue weighted by Crippen LogP contribution is 2.47. The Balaban J connectivity index is 1.49. The molecule has 8 nitrogen and oxygen atoms in total. The zero-order valence-corrected chi connectivity index (χ0v) is 28.9. The Labute approximate surface area is 271 Å².